The predicted octanol–water partition coefficient (Wildman–Crippen LogP) is 0.0447. The third-order valence-electron chi connectivity index (χ3n) is 2.85. The third kappa shape index (κ3) is 3.08. The Bertz CT molecular complexity index is 348. The molecule has 0 saturated carbocycles. The summed E-state index contributed by atoms with van der Waals surface area (Å²) >= 11 is 0. The van der Waals surface area contributed by atoms with Crippen LogP contribution in [0, 0.1) is 5.92 Å². The first kappa shape index (κ1) is 14.7. The summed E-state index contributed by atoms with van der Waals surface area (Å²) in [7, 11) is 2.49. The molecule has 0 aliphatic heterocycles. The highest BCUT2D eigenvalue weighted by molar-refractivity contribution is 5.91. The summed E-state index contributed by atoms with van der Waals surface area (Å²) < 4.78 is 14.6. The minimum absolute atomic E-state index is 0.0730. The zero-order chi connectivity index (χ0) is 13.7. The molecule has 1 N–H and O–H groups in total. The van der Waals surface area contributed by atoms with Crippen LogP contribution in [0.5, 0.6) is 0 Å². The fraction of sp³-hybridized carbons (Fsp3) is 0.667. The van der Waals surface area contributed by atoms with E-state index in [0.29, 0.717) is 6.61 Å². The van der Waals surface area contributed by atoms with E-state index in [-0.39, 0.29) is 12.0 Å². The summed E-state index contributed by atoms with van der Waals surface area (Å²) in [6.45, 7) is 2.20. The Balaban J connectivity index is 3.00. The fourth-order valence-corrected chi connectivity index (χ4v) is 1.97. The molecule has 6 heteroatoms. The molecule has 0 heterocycles. The summed E-state index contributed by atoms with van der Waals surface area (Å²) in [6, 6.07) is 0. The minimum atomic E-state index is -0.991. The van der Waals surface area contributed by atoms with Gasteiger partial charge in [-0.3, -0.25) is 4.79 Å². The van der Waals surface area contributed by atoms with Crippen molar-refractivity contribution < 1.29 is 28.9 Å². The van der Waals surface area contributed by atoms with Crippen molar-refractivity contribution in [1.82, 2.24) is 0 Å². The van der Waals surface area contributed by atoms with E-state index in [1.54, 1.807) is 6.92 Å². The molecule has 1 rings (SSSR count). The number of carbonyl (C=O) groups is 2. The van der Waals surface area contributed by atoms with Gasteiger partial charge in [-0.05, 0) is 6.92 Å². The Labute approximate surface area is 106 Å². The lowest BCUT2D eigenvalue weighted by Crippen LogP contribution is -2.40. The molecule has 1 aliphatic carbocycles. The van der Waals surface area contributed by atoms with E-state index in [2.05, 4.69) is 9.47 Å². The Morgan fingerprint density at radius 3 is 2.56 bits per heavy atom. The second-order valence-electron chi connectivity index (χ2n) is 3.91. The van der Waals surface area contributed by atoms with Gasteiger partial charge in [-0.15, -0.1) is 0 Å². The normalized spacial score (nSPS) is 27.3. The van der Waals surface area contributed by atoms with Crippen molar-refractivity contribution in [3.05, 3.63) is 11.6 Å². The third-order valence-corrected chi connectivity index (χ3v) is 2.85. The van der Waals surface area contributed by atoms with Crippen LogP contribution in [0.25, 0.3) is 0 Å². The minimum Gasteiger partial charge on any atom is -0.468 e. The van der Waals surface area contributed by atoms with Gasteiger partial charge in [0.2, 0.25) is 0 Å². The van der Waals surface area contributed by atoms with Crippen molar-refractivity contribution in [2.45, 2.75) is 25.6 Å². The molecule has 0 unspecified atom stereocenters. The Morgan fingerprint density at radius 2 is 2.06 bits per heavy atom. The van der Waals surface area contributed by atoms with Gasteiger partial charge in [0.25, 0.3) is 0 Å². The summed E-state index contributed by atoms with van der Waals surface area (Å²) in [5.74, 6) is -1.85. The van der Waals surface area contributed by atoms with Crippen LogP contribution in [-0.2, 0) is 23.8 Å². The Hall–Kier alpha value is -1.40. The molecule has 0 aromatic heterocycles. The van der Waals surface area contributed by atoms with Gasteiger partial charge in [0.15, 0.2) is 0 Å². The number of rotatable bonds is 4. The van der Waals surface area contributed by atoms with Gasteiger partial charge in [-0.2, -0.15) is 0 Å². The van der Waals surface area contributed by atoms with Crippen molar-refractivity contribution in [3.8, 4) is 0 Å². The highest BCUT2D eigenvalue weighted by atomic mass is 16.5. The molecule has 3 atom stereocenters. The molecule has 0 saturated heterocycles. The van der Waals surface area contributed by atoms with E-state index in [1.165, 1.54) is 20.3 Å². The largest absolute Gasteiger partial charge is 0.468 e. The van der Waals surface area contributed by atoms with Crippen molar-refractivity contribution in [3.63, 3.8) is 0 Å². The molecule has 0 amide bonds. The lowest BCUT2D eigenvalue weighted by Gasteiger charge is -2.30. The van der Waals surface area contributed by atoms with Crippen LogP contribution in [0.1, 0.15) is 13.3 Å². The molecule has 0 aromatic rings. The van der Waals surface area contributed by atoms with Crippen molar-refractivity contribution in [2.75, 3.05) is 20.8 Å². The van der Waals surface area contributed by atoms with E-state index >= 15 is 0 Å². The molecule has 0 fully saturated rings. The molecule has 0 radical (unpaired) electrons. The number of carbonyl (C=O) groups excluding carboxylic acids is 2. The topological polar surface area (TPSA) is 82.1 Å². The number of hydrogen-bond donors (Lipinski definition) is 1. The van der Waals surface area contributed by atoms with Crippen LogP contribution < -0.4 is 0 Å². The first-order chi connectivity index (χ1) is 8.54. The summed E-state index contributed by atoms with van der Waals surface area (Å²) in [5, 5.41) is 9.84. The Morgan fingerprint density at radius 1 is 1.39 bits per heavy atom. The van der Waals surface area contributed by atoms with Gasteiger partial charge in [0, 0.05) is 13.0 Å². The van der Waals surface area contributed by atoms with Crippen LogP contribution in [0.2, 0.25) is 0 Å². The molecule has 6 nitrogen and oxygen atoms in total. The van der Waals surface area contributed by atoms with E-state index in [9.17, 15) is 14.7 Å². The number of ether oxygens (including phenoxy) is 3. The molecule has 102 valence electrons. The quantitative estimate of drug-likeness (QED) is 0.717. The highest BCUT2D eigenvalue weighted by Gasteiger charge is 2.38. The number of hydrogen-bond acceptors (Lipinski definition) is 6. The standard InChI is InChI=1S/C12H18O6/c1-4-18-10-6-9(13)7(11(14)16-2)5-8(10)12(15)17-3/h5,8-10,13H,4,6H2,1-3H3/t8-,9-,10-/m0/s1. The van der Waals surface area contributed by atoms with Gasteiger partial charge in [0.1, 0.15) is 5.92 Å². The molecular weight excluding hydrogens is 240 g/mol. The monoisotopic (exact) mass is 258 g/mol. The summed E-state index contributed by atoms with van der Waals surface area (Å²) in [4.78, 5) is 23.1. The smallest absolute Gasteiger partial charge is 0.336 e. The molecule has 0 aromatic carbocycles. The van der Waals surface area contributed by atoms with Crippen LogP contribution in [0.4, 0.5) is 0 Å². The van der Waals surface area contributed by atoms with Gasteiger partial charge < -0.3 is 19.3 Å². The Kier molecular flexibility index (Phi) is 5.30. The summed E-state index contributed by atoms with van der Waals surface area (Å²) in [6.07, 6.45) is 0.0431. The first-order valence-electron chi connectivity index (χ1n) is 5.72. The molecule has 0 spiro atoms. The molecule has 0 bridgehead atoms. The number of esters is 2. The maximum atomic E-state index is 11.6. The number of aliphatic hydroxyl groups is 1. The second kappa shape index (κ2) is 6.51. The van der Waals surface area contributed by atoms with Crippen LogP contribution in [0.15, 0.2) is 11.6 Å². The molecule has 18 heavy (non-hydrogen) atoms. The zero-order valence-electron chi connectivity index (χ0n) is 10.7. The van der Waals surface area contributed by atoms with Crippen LogP contribution >= 0.6 is 0 Å². The lowest BCUT2D eigenvalue weighted by molar-refractivity contribution is -0.150. The van der Waals surface area contributed by atoms with Crippen LogP contribution in [-0.4, -0.2) is 50.1 Å². The van der Waals surface area contributed by atoms with Crippen molar-refractivity contribution >= 4 is 11.9 Å². The number of methoxy groups -OCH3 is 2. The number of aliphatic hydroxyl groups excluding tert-OH is 1. The maximum Gasteiger partial charge on any atom is 0.336 e. The van der Waals surface area contributed by atoms with Crippen molar-refractivity contribution in [2.24, 2.45) is 5.92 Å². The predicted molar refractivity (Wildman–Crippen MR) is 61.6 cm³/mol. The fourth-order valence-electron chi connectivity index (χ4n) is 1.97. The first-order valence-corrected chi connectivity index (χ1v) is 5.72. The second-order valence-corrected chi connectivity index (χ2v) is 3.91. The maximum absolute atomic E-state index is 11.6. The molecular formula is C12H18O6. The van der Waals surface area contributed by atoms with Gasteiger partial charge in [-0.1, -0.05) is 6.08 Å². The van der Waals surface area contributed by atoms with Gasteiger partial charge in [-0.25, -0.2) is 4.79 Å². The van der Waals surface area contributed by atoms with Crippen molar-refractivity contribution in [1.29, 1.82) is 0 Å². The van der Waals surface area contributed by atoms with Gasteiger partial charge >= 0.3 is 11.9 Å². The molecule has 1 aliphatic rings. The van der Waals surface area contributed by atoms with E-state index in [0.717, 1.165) is 0 Å². The van der Waals surface area contributed by atoms with Crippen LogP contribution in [0.3, 0.4) is 0 Å². The SMILES string of the molecule is CCO[C@H]1C[C@H](O)C(C(=O)OC)=C[C@@H]1C(=O)OC. The lowest BCUT2D eigenvalue weighted by atomic mass is 9.85. The van der Waals surface area contributed by atoms with Gasteiger partial charge in [0.05, 0.1) is 32.0 Å². The highest BCUT2D eigenvalue weighted by Crippen LogP contribution is 2.28. The average molecular weight is 258 g/mol. The summed E-state index contributed by atoms with van der Waals surface area (Å²) in [5.41, 5.74) is 0.0730. The van der Waals surface area contributed by atoms with E-state index in [1.807, 2.05) is 0 Å². The average Bonchev–Trinajstić information content (AvgIpc) is 2.37. The van der Waals surface area contributed by atoms with E-state index < -0.39 is 30.1 Å². The zero-order valence-corrected chi connectivity index (χ0v) is 10.7. The van der Waals surface area contributed by atoms with E-state index in [4.69, 9.17) is 4.74 Å².